The van der Waals surface area contributed by atoms with Gasteiger partial charge in [-0.3, -0.25) is 4.79 Å². The molecule has 0 saturated heterocycles. The molecule has 30 heavy (non-hydrogen) atoms. The molecule has 0 bridgehead atoms. The Balaban J connectivity index is 0.00000150. The van der Waals surface area contributed by atoms with Gasteiger partial charge in [0.25, 0.3) is 0 Å². The normalized spacial score (nSPS) is 10.1. The van der Waals surface area contributed by atoms with Gasteiger partial charge in [0.2, 0.25) is 5.43 Å². The number of carboxylic acids is 1. The standard InChI is InChI=1S/C20H8BrI2O4.2Na.H2O/c21-13-8-12-15(9-4-1-2-5-10(9)20(25)26)11-6-3-7-14(22)18(11)27-19(12)16(23)17(13)24;;;/h1-6,8H,(H,25,26);;;1H2/q-1;2*+1;/p-2. The maximum atomic E-state index is 12.4. The molecule has 5 nitrogen and oxygen atoms in total. The van der Waals surface area contributed by atoms with Crippen molar-refractivity contribution in [3.05, 3.63) is 75.9 Å². The molecular weight excluding hydrogens is 700 g/mol. The van der Waals surface area contributed by atoms with Gasteiger partial charge in [0.15, 0.2) is 0 Å². The van der Waals surface area contributed by atoms with Crippen LogP contribution in [0.5, 0.6) is 0 Å². The molecule has 2 aromatic rings. The minimum Gasteiger partial charge on any atom is -0.870 e. The predicted molar refractivity (Wildman–Crippen MR) is 123 cm³/mol. The molecule has 1 heterocycles. The molecule has 0 saturated carbocycles. The van der Waals surface area contributed by atoms with Crippen LogP contribution in [0.4, 0.5) is 0 Å². The second-order valence-corrected chi connectivity index (χ2v) is 8.73. The fourth-order valence-electron chi connectivity index (χ4n) is 3.04. The largest absolute Gasteiger partial charge is 1.00 e. The molecule has 0 amide bonds. The molecule has 1 aliphatic carbocycles. The summed E-state index contributed by atoms with van der Waals surface area (Å²) in [6.45, 7) is 0. The summed E-state index contributed by atoms with van der Waals surface area (Å²) < 4.78 is 7.63. The summed E-state index contributed by atoms with van der Waals surface area (Å²) in [4.78, 5) is 24.1. The monoisotopic (exact) mass is 707 g/mol. The number of carbonyl (C=O) groups is 1. The van der Waals surface area contributed by atoms with Crippen molar-refractivity contribution in [1.82, 2.24) is 0 Å². The summed E-state index contributed by atoms with van der Waals surface area (Å²) in [5.74, 6) is -0.851. The molecule has 10 heteroatoms. The number of aromatic carboxylic acids is 1. The number of carbonyl (C=O) groups excluding carboxylic acids is 1. The predicted octanol–water partition coefficient (Wildman–Crippen LogP) is -1.47. The van der Waals surface area contributed by atoms with Crippen molar-refractivity contribution < 1.29 is 78.9 Å². The van der Waals surface area contributed by atoms with E-state index < -0.39 is 5.97 Å². The molecule has 0 atom stereocenters. The van der Waals surface area contributed by atoms with E-state index in [1.165, 1.54) is 6.07 Å². The molecule has 2 aromatic carbocycles. The van der Waals surface area contributed by atoms with E-state index in [0.29, 0.717) is 36.1 Å². The summed E-state index contributed by atoms with van der Waals surface area (Å²) in [6.07, 6.45) is 0. The van der Waals surface area contributed by atoms with Crippen molar-refractivity contribution in [1.29, 1.82) is 0 Å². The Morgan fingerprint density at radius 2 is 1.77 bits per heavy atom. The van der Waals surface area contributed by atoms with Crippen LogP contribution in [0.3, 0.4) is 0 Å². The number of hydrogen-bond donors (Lipinski definition) is 0. The summed E-state index contributed by atoms with van der Waals surface area (Å²) in [7, 11) is 0. The number of carboxylic acid groups (broad SMARTS) is 1. The maximum absolute atomic E-state index is 12.4. The Hall–Kier alpha value is 0.500. The molecule has 0 unspecified atom stereocenters. The van der Waals surface area contributed by atoms with Crippen LogP contribution in [-0.4, -0.2) is 11.4 Å². The third-order valence-electron chi connectivity index (χ3n) is 4.19. The van der Waals surface area contributed by atoms with Crippen molar-refractivity contribution in [3.8, 4) is 22.5 Å². The SMILES string of the molecule is O=C([O-])c1ccccc1-c1c2cc(Br)c(=O)c(I)c-2oc2c(I)[c-]ccc12.[Na+].[Na+].[OH-]. The molecule has 142 valence electrons. The van der Waals surface area contributed by atoms with E-state index >= 15 is 0 Å². The first kappa shape index (κ1) is 28.5. The van der Waals surface area contributed by atoms with Gasteiger partial charge in [-0.15, -0.1) is 0 Å². The zero-order valence-corrected chi connectivity index (χ0v) is 25.7. The van der Waals surface area contributed by atoms with Gasteiger partial charge in [0, 0.05) is 16.7 Å². The summed E-state index contributed by atoms with van der Waals surface area (Å²) in [5, 5.41) is 12.5. The smallest absolute Gasteiger partial charge is 0.870 e. The van der Waals surface area contributed by atoms with Gasteiger partial charge in [-0.2, -0.15) is 18.2 Å². The average molecular weight is 708 g/mol. The van der Waals surface area contributed by atoms with Gasteiger partial charge in [0.1, 0.15) is 9.33 Å². The van der Waals surface area contributed by atoms with Gasteiger partial charge in [-0.25, -0.2) is 0 Å². The molecular formula is C20H8BrI2Na2O5-. The fraction of sp³-hybridized carbons (Fsp3) is 0. The van der Waals surface area contributed by atoms with Gasteiger partial charge in [-0.05, 0) is 55.7 Å². The van der Waals surface area contributed by atoms with Crippen LogP contribution in [0.2, 0.25) is 0 Å². The molecule has 0 aromatic heterocycles. The number of rotatable bonds is 2. The zero-order chi connectivity index (χ0) is 19.3. The second-order valence-electron chi connectivity index (χ2n) is 5.72. The van der Waals surface area contributed by atoms with E-state index in [1.807, 2.05) is 28.7 Å². The molecule has 0 spiro atoms. The third-order valence-corrected chi connectivity index (χ3v) is 6.56. The molecule has 0 fully saturated rings. The summed E-state index contributed by atoms with van der Waals surface area (Å²) in [5.41, 5.74) is 2.28. The first-order valence-corrected chi connectivity index (χ1v) is 10.6. The van der Waals surface area contributed by atoms with E-state index in [2.05, 4.69) is 44.6 Å². The van der Waals surface area contributed by atoms with E-state index in [1.54, 1.807) is 30.3 Å². The van der Waals surface area contributed by atoms with E-state index in [9.17, 15) is 14.7 Å². The van der Waals surface area contributed by atoms with Crippen LogP contribution in [0.15, 0.2) is 56.1 Å². The van der Waals surface area contributed by atoms with Crippen molar-refractivity contribution in [2.24, 2.45) is 0 Å². The number of fused-ring (bicyclic) bond motifs is 2. The quantitative estimate of drug-likeness (QED) is 0.110. The topological polar surface area (TPSA) is 100 Å². The van der Waals surface area contributed by atoms with E-state index in [-0.39, 0.29) is 75.6 Å². The van der Waals surface area contributed by atoms with Crippen LogP contribution < -0.4 is 69.6 Å². The number of hydrogen-bond acceptors (Lipinski definition) is 5. The fourth-order valence-corrected chi connectivity index (χ4v) is 5.11. The van der Waals surface area contributed by atoms with Gasteiger partial charge in [0.05, 0.1) is 10.4 Å². The first-order valence-electron chi connectivity index (χ1n) is 7.65. The van der Waals surface area contributed by atoms with Crippen molar-refractivity contribution in [2.75, 3.05) is 0 Å². The molecule has 2 aliphatic rings. The van der Waals surface area contributed by atoms with Crippen molar-refractivity contribution >= 4 is 78.1 Å². The molecule has 1 aliphatic heterocycles. The third kappa shape index (κ3) is 5.02. The molecule has 4 rings (SSSR count). The Morgan fingerprint density at radius 3 is 2.43 bits per heavy atom. The second kappa shape index (κ2) is 11.6. The van der Waals surface area contributed by atoms with Crippen molar-refractivity contribution in [2.45, 2.75) is 0 Å². The summed E-state index contributed by atoms with van der Waals surface area (Å²) >= 11 is 7.37. The minimum atomic E-state index is -1.26. The van der Waals surface area contributed by atoms with Crippen molar-refractivity contribution in [3.63, 3.8) is 0 Å². The van der Waals surface area contributed by atoms with Crippen LogP contribution >= 0.6 is 61.1 Å². The van der Waals surface area contributed by atoms with Gasteiger partial charge in [-0.1, -0.05) is 55.8 Å². The Labute approximate surface area is 251 Å². The Bertz CT molecular complexity index is 1280. The summed E-state index contributed by atoms with van der Waals surface area (Å²) in [6, 6.07) is 15.0. The number of halogens is 3. The maximum Gasteiger partial charge on any atom is 1.00 e. The van der Waals surface area contributed by atoms with Gasteiger partial charge >= 0.3 is 59.1 Å². The number of benzene rings is 3. The average Bonchev–Trinajstić information content (AvgIpc) is 2.65. The van der Waals surface area contributed by atoms with Gasteiger partial charge < -0.3 is 19.8 Å². The zero-order valence-electron chi connectivity index (χ0n) is 15.8. The Kier molecular flexibility index (Phi) is 11.0. The minimum absolute atomic E-state index is 0. The van der Waals surface area contributed by atoms with Crippen LogP contribution in [0, 0.1) is 13.2 Å². The van der Waals surface area contributed by atoms with E-state index in [4.69, 9.17) is 4.42 Å². The molecule has 0 radical (unpaired) electrons. The Morgan fingerprint density at radius 1 is 1.10 bits per heavy atom. The van der Waals surface area contributed by atoms with Crippen LogP contribution in [-0.2, 0) is 0 Å². The first-order chi connectivity index (χ1) is 12.9. The van der Waals surface area contributed by atoms with E-state index in [0.717, 1.165) is 8.96 Å². The molecule has 1 N–H and O–H groups in total. The van der Waals surface area contributed by atoms with Crippen LogP contribution in [0.25, 0.3) is 33.4 Å². The van der Waals surface area contributed by atoms with Crippen LogP contribution in [0.1, 0.15) is 10.4 Å².